The molecular weight excluding hydrogens is 228 g/mol. The van der Waals surface area contributed by atoms with Crippen LogP contribution in [0, 0.1) is 28.9 Å². The molecule has 0 heterocycles. The third kappa shape index (κ3) is 4.58. The molecule has 4 nitrogen and oxygen atoms in total. The average molecular weight is 256 g/mol. The SMILES string of the molecule is CC1CCC(C(C)C)C(C(=O)NCCC[NH2+][O-])C1. The molecule has 0 aliphatic heterocycles. The Morgan fingerprint density at radius 1 is 1.44 bits per heavy atom. The second kappa shape index (κ2) is 7.74. The van der Waals surface area contributed by atoms with Crippen molar-refractivity contribution in [3.8, 4) is 0 Å². The molecule has 1 fully saturated rings. The summed E-state index contributed by atoms with van der Waals surface area (Å²) in [6.07, 6.45) is 4.19. The van der Waals surface area contributed by atoms with Crippen molar-refractivity contribution in [1.29, 1.82) is 0 Å². The molecule has 1 saturated carbocycles. The minimum Gasteiger partial charge on any atom is -0.636 e. The molecule has 0 saturated heterocycles. The third-order valence-electron chi connectivity index (χ3n) is 4.16. The Bertz CT molecular complexity index is 256. The fourth-order valence-corrected chi connectivity index (χ4v) is 3.03. The van der Waals surface area contributed by atoms with Crippen LogP contribution in [0.4, 0.5) is 0 Å². The monoisotopic (exact) mass is 256 g/mol. The van der Waals surface area contributed by atoms with E-state index in [1.807, 2.05) is 0 Å². The largest absolute Gasteiger partial charge is 0.636 e. The minimum atomic E-state index is 0.171. The lowest BCUT2D eigenvalue weighted by atomic mass is 9.70. The van der Waals surface area contributed by atoms with Crippen LogP contribution in [0.2, 0.25) is 0 Å². The van der Waals surface area contributed by atoms with Crippen molar-refractivity contribution in [3.05, 3.63) is 5.21 Å². The lowest BCUT2D eigenvalue weighted by Gasteiger charge is -2.36. The van der Waals surface area contributed by atoms with Crippen molar-refractivity contribution in [2.24, 2.45) is 23.7 Å². The number of quaternary nitrogens is 1. The summed E-state index contributed by atoms with van der Waals surface area (Å²) in [4.78, 5) is 12.2. The van der Waals surface area contributed by atoms with Gasteiger partial charge in [0.25, 0.3) is 0 Å². The maximum absolute atomic E-state index is 12.2. The lowest BCUT2D eigenvalue weighted by molar-refractivity contribution is -0.588. The Morgan fingerprint density at radius 3 is 2.78 bits per heavy atom. The highest BCUT2D eigenvalue weighted by Gasteiger charge is 2.34. The van der Waals surface area contributed by atoms with E-state index in [2.05, 4.69) is 26.1 Å². The molecule has 106 valence electrons. The van der Waals surface area contributed by atoms with Crippen molar-refractivity contribution in [1.82, 2.24) is 5.32 Å². The normalized spacial score (nSPS) is 28.4. The molecule has 0 aromatic carbocycles. The summed E-state index contributed by atoms with van der Waals surface area (Å²) >= 11 is 0. The van der Waals surface area contributed by atoms with Crippen LogP contribution in [0.5, 0.6) is 0 Å². The number of carbonyl (C=O) groups is 1. The summed E-state index contributed by atoms with van der Waals surface area (Å²) in [5.74, 6) is 2.12. The van der Waals surface area contributed by atoms with E-state index in [0.717, 1.165) is 18.3 Å². The smallest absolute Gasteiger partial charge is 0.223 e. The van der Waals surface area contributed by atoms with Gasteiger partial charge in [0, 0.05) is 18.9 Å². The van der Waals surface area contributed by atoms with Gasteiger partial charge in [-0.05, 0) is 30.6 Å². The third-order valence-corrected chi connectivity index (χ3v) is 4.16. The second-order valence-electron chi connectivity index (χ2n) is 6.03. The van der Waals surface area contributed by atoms with Crippen LogP contribution in [0.3, 0.4) is 0 Å². The average Bonchev–Trinajstić information content (AvgIpc) is 2.34. The van der Waals surface area contributed by atoms with E-state index < -0.39 is 0 Å². The number of hydrogen-bond donors (Lipinski definition) is 2. The Kier molecular flexibility index (Phi) is 6.65. The van der Waals surface area contributed by atoms with Crippen LogP contribution in [-0.2, 0) is 4.79 Å². The molecule has 0 bridgehead atoms. The van der Waals surface area contributed by atoms with E-state index in [-0.39, 0.29) is 11.8 Å². The van der Waals surface area contributed by atoms with Crippen molar-refractivity contribution < 1.29 is 10.3 Å². The van der Waals surface area contributed by atoms with Crippen LogP contribution in [-0.4, -0.2) is 19.0 Å². The van der Waals surface area contributed by atoms with Crippen molar-refractivity contribution in [2.75, 3.05) is 13.1 Å². The number of nitrogens with two attached hydrogens (primary N) is 1. The van der Waals surface area contributed by atoms with Crippen LogP contribution >= 0.6 is 0 Å². The summed E-state index contributed by atoms with van der Waals surface area (Å²) in [6, 6.07) is 0. The molecular formula is C14H28N2O2. The van der Waals surface area contributed by atoms with Crippen LogP contribution < -0.4 is 10.8 Å². The molecule has 1 amide bonds. The van der Waals surface area contributed by atoms with Gasteiger partial charge in [0.15, 0.2) is 0 Å². The summed E-state index contributed by atoms with van der Waals surface area (Å²) in [6.45, 7) is 7.84. The number of rotatable bonds is 6. The predicted octanol–water partition coefficient (Wildman–Crippen LogP) is 1.26. The zero-order chi connectivity index (χ0) is 13.5. The van der Waals surface area contributed by atoms with Gasteiger partial charge in [-0.1, -0.05) is 27.2 Å². The quantitative estimate of drug-likeness (QED) is 0.555. The summed E-state index contributed by atoms with van der Waals surface area (Å²) in [5.41, 5.74) is 0.908. The Labute approximate surface area is 110 Å². The molecule has 0 spiro atoms. The molecule has 1 aliphatic rings. The first kappa shape index (κ1) is 15.4. The van der Waals surface area contributed by atoms with Crippen molar-refractivity contribution in [3.63, 3.8) is 0 Å². The predicted molar refractivity (Wildman–Crippen MR) is 72.6 cm³/mol. The highest BCUT2D eigenvalue weighted by Crippen LogP contribution is 2.37. The second-order valence-corrected chi connectivity index (χ2v) is 6.03. The number of amides is 1. The van der Waals surface area contributed by atoms with Gasteiger partial charge < -0.3 is 16.0 Å². The van der Waals surface area contributed by atoms with Gasteiger partial charge in [-0.3, -0.25) is 4.79 Å². The van der Waals surface area contributed by atoms with Crippen LogP contribution in [0.1, 0.15) is 46.5 Å². The fraction of sp³-hybridized carbons (Fsp3) is 0.929. The fourth-order valence-electron chi connectivity index (χ4n) is 3.03. The first-order valence-electron chi connectivity index (χ1n) is 7.27. The summed E-state index contributed by atoms with van der Waals surface area (Å²) in [7, 11) is 0. The molecule has 0 radical (unpaired) electrons. The van der Waals surface area contributed by atoms with Crippen molar-refractivity contribution >= 4 is 5.91 Å². The molecule has 0 aromatic heterocycles. The van der Waals surface area contributed by atoms with E-state index in [1.165, 1.54) is 12.8 Å². The maximum Gasteiger partial charge on any atom is 0.223 e. The van der Waals surface area contributed by atoms with Gasteiger partial charge in [-0.25, -0.2) is 0 Å². The number of hydrogen-bond acceptors (Lipinski definition) is 2. The molecule has 4 heteroatoms. The number of hydroxylamine groups is 1. The van der Waals surface area contributed by atoms with E-state index in [0.29, 0.717) is 30.8 Å². The Hall–Kier alpha value is -0.610. The van der Waals surface area contributed by atoms with E-state index in [9.17, 15) is 10.0 Å². The van der Waals surface area contributed by atoms with E-state index in [4.69, 9.17) is 0 Å². The van der Waals surface area contributed by atoms with Crippen LogP contribution in [0.15, 0.2) is 0 Å². The van der Waals surface area contributed by atoms with Gasteiger partial charge in [0.2, 0.25) is 5.91 Å². The molecule has 1 rings (SSSR count). The topological polar surface area (TPSA) is 68.8 Å². The Morgan fingerprint density at radius 2 is 2.17 bits per heavy atom. The van der Waals surface area contributed by atoms with Gasteiger partial charge in [0.1, 0.15) is 0 Å². The van der Waals surface area contributed by atoms with Crippen molar-refractivity contribution in [2.45, 2.75) is 46.5 Å². The zero-order valence-corrected chi connectivity index (χ0v) is 11.9. The number of carbonyl (C=O) groups excluding carboxylic acids is 1. The van der Waals surface area contributed by atoms with Gasteiger partial charge >= 0.3 is 0 Å². The first-order chi connectivity index (χ1) is 8.56. The Balaban J connectivity index is 2.45. The maximum atomic E-state index is 12.2. The minimum absolute atomic E-state index is 0.171. The van der Waals surface area contributed by atoms with Gasteiger partial charge in [-0.2, -0.15) is 0 Å². The first-order valence-corrected chi connectivity index (χ1v) is 7.27. The van der Waals surface area contributed by atoms with E-state index in [1.54, 1.807) is 0 Å². The molecule has 3 atom stereocenters. The van der Waals surface area contributed by atoms with E-state index >= 15 is 0 Å². The summed E-state index contributed by atoms with van der Waals surface area (Å²) in [5, 5.41) is 13.2. The summed E-state index contributed by atoms with van der Waals surface area (Å²) < 4.78 is 0. The molecule has 3 unspecified atom stereocenters. The highest BCUT2D eigenvalue weighted by molar-refractivity contribution is 5.79. The molecule has 3 N–H and O–H groups in total. The van der Waals surface area contributed by atoms with Gasteiger partial charge in [0.05, 0.1) is 6.54 Å². The highest BCUT2D eigenvalue weighted by atomic mass is 16.5. The number of nitrogens with one attached hydrogen (secondary N) is 1. The molecule has 0 aromatic rings. The van der Waals surface area contributed by atoms with Gasteiger partial charge in [-0.15, -0.1) is 0 Å². The standard InChI is InChI=1S/C14H28N2O2/c1-10(2)12-6-5-11(3)9-13(12)14(17)15-7-4-8-16-18/h10-13H,4-9,16H2,1-3H3,(H,15,17). The molecule has 1 aliphatic carbocycles. The molecule has 18 heavy (non-hydrogen) atoms. The zero-order valence-electron chi connectivity index (χ0n) is 11.9. The van der Waals surface area contributed by atoms with Crippen LogP contribution in [0.25, 0.3) is 0 Å². The lowest BCUT2D eigenvalue weighted by Crippen LogP contribution is -2.77.